The third-order valence-electron chi connectivity index (χ3n) is 4.14. The molecule has 0 aromatic heterocycles. The summed E-state index contributed by atoms with van der Waals surface area (Å²) < 4.78 is 11.2. The smallest absolute Gasteiger partial charge is 0.164 e. The minimum absolute atomic E-state index is 0.286. The molecule has 0 fully saturated rings. The Morgan fingerprint density at radius 1 is 1.00 bits per heavy atom. The van der Waals surface area contributed by atoms with E-state index in [1.54, 1.807) is 14.2 Å². The lowest BCUT2D eigenvalue weighted by Crippen LogP contribution is -2.21. The van der Waals surface area contributed by atoms with Crippen LogP contribution >= 0.6 is 0 Å². The second-order valence-corrected chi connectivity index (χ2v) is 5.29. The van der Waals surface area contributed by atoms with Crippen molar-refractivity contribution in [3.8, 4) is 11.5 Å². The van der Waals surface area contributed by atoms with Crippen molar-refractivity contribution in [2.45, 2.75) is 12.3 Å². The van der Waals surface area contributed by atoms with Gasteiger partial charge in [0, 0.05) is 18.0 Å². The van der Waals surface area contributed by atoms with Gasteiger partial charge >= 0.3 is 0 Å². The molecule has 3 heteroatoms. The Balaban J connectivity index is 2.17. The fourth-order valence-corrected chi connectivity index (χ4v) is 3.13. The molecular formula is C18H21NO2. The van der Waals surface area contributed by atoms with Gasteiger partial charge in [-0.05, 0) is 30.2 Å². The van der Waals surface area contributed by atoms with Crippen molar-refractivity contribution in [3.63, 3.8) is 0 Å². The predicted octanol–water partition coefficient (Wildman–Crippen LogP) is 2.98. The van der Waals surface area contributed by atoms with E-state index in [0.29, 0.717) is 0 Å². The molecule has 1 aliphatic heterocycles. The van der Waals surface area contributed by atoms with Crippen LogP contribution < -0.4 is 14.8 Å². The van der Waals surface area contributed by atoms with E-state index in [4.69, 9.17) is 9.47 Å². The minimum atomic E-state index is 0.286. The van der Waals surface area contributed by atoms with Crippen LogP contribution in [-0.2, 0) is 6.42 Å². The molecule has 2 aromatic carbocycles. The summed E-state index contributed by atoms with van der Waals surface area (Å²) in [6.45, 7) is 1.91. The fourth-order valence-electron chi connectivity index (χ4n) is 3.13. The van der Waals surface area contributed by atoms with Gasteiger partial charge in [-0.25, -0.2) is 0 Å². The molecule has 2 aromatic rings. The standard InChI is InChI=1S/C18H21NO2/c1-20-16-9-8-14-10-11-19-12-15(17(14)18(16)21-2)13-6-4-3-5-7-13/h3-9,15,19H,10-12H2,1-2H3. The molecular weight excluding hydrogens is 262 g/mol. The highest BCUT2D eigenvalue weighted by molar-refractivity contribution is 5.55. The molecule has 110 valence electrons. The van der Waals surface area contributed by atoms with Crippen LogP contribution in [0.4, 0.5) is 0 Å². The highest BCUT2D eigenvalue weighted by atomic mass is 16.5. The topological polar surface area (TPSA) is 30.5 Å². The van der Waals surface area contributed by atoms with E-state index in [2.05, 4.69) is 41.7 Å². The van der Waals surface area contributed by atoms with Crippen LogP contribution in [0.1, 0.15) is 22.6 Å². The number of methoxy groups -OCH3 is 2. The number of hydrogen-bond donors (Lipinski definition) is 1. The van der Waals surface area contributed by atoms with E-state index < -0.39 is 0 Å². The zero-order valence-corrected chi connectivity index (χ0v) is 12.6. The van der Waals surface area contributed by atoms with Crippen LogP contribution in [0.2, 0.25) is 0 Å². The van der Waals surface area contributed by atoms with Gasteiger partial charge in [0.25, 0.3) is 0 Å². The lowest BCUT2D eigenvalue weighted by molar-refractivity contribution is 0.350. The highest BCUT2D eigenvalue weighted by Crippen LogP contribution is 2.41. The molecule has 3 nitrogen and oxygen atoms in total. The van der Waals surface area contributed by atoms with E-state index in [-0.39, 0.29) is 5.92 Å². The molecule has 0 saturated carbocycles. The van der Waals surface area contributed by atoms with Crippen LogP contribution in [0, 0.1) is 0 Å². The number of fused-ring (bicyclic) bond motifs is 1. The minimum Gasteiger partial charge on any atom is -0.493 e. The number of rotatable bonds is 3. The van der Waals surface area contributed by atoms with Crippen molar-refractivity contribution < 1.29 is 9.47 Å². The molecule has 0 amide bonds. The van der Waals surface area contributed by atoms with Crippen LogP contribution in [0.3, 0.4) is 0 Å². The van der Waals surface area contributed by atoms with Gasteiger partial charge in [-0.3, -0.25) is 0 Å². The Morgan fingerprint density at radius 3 is 2.52 bits per heavy atom. The molecule has 1 heterocycles. The summed E-state index contributed by atoms with van der Waals surface area (Å²) in [5.41, 5.74) is 3.90. The summed E-state index contributed by atoms with van der Waals surface area (Å²) in [5, 5.41) is 3.54. The molecule has 21 heavy (non-hydrogen) atoms. The third-order valence-corrected chi connectivity index (χ3v) is 4.14. The van der Waals surface area contributed by atoms with Gasteiger partial charge in [-0.15, -0.1) is 0 Å². The molecule has 1 unspecified atom stereocenters. The maximum atomic E-state index is 5.69. The molecule has 1 N–H and O–H groups in total. The van der Waals surface area contributed by atoms with Crippen LogP contribution in [0.25, 0.3) is 0 Å². The number of hydrogen-bond acceptors (Lipinski definition) is 3. The summed E-state index contributed by atoms with van der Waals surface area (Å²) in [4.78, 5) is 0. The quantitative estimate of drug-likeness (QED) is 0.939. The molecule has 0 spiro atoms. The van der Waals surface area contributed by atoms with Gasteiger partial charge in [0.05, 0.1) is 14.2 Å². The molecule has 0 saturated heterocycles. The van der Waals surface area contributed by atoms with Crippen molar-refractivity contribution in [1.29, 1.82) is 0 Å². The first kappa shape index (κ1) is 14.0. The van der Waals surface area contributed by atoms with Crippen molar-refractivity contribution >= 4 is 0 Å². The molecule has 0 radical (unpaired) electrons. The van der Waals surface area contributed by atoms with E-state index in [1.165, 1.54) is 16.7 Å². The number of ether oxygens (including phenoxy) is 2. The zero-order valence-electron chi connectivity index (χ0n) is 12.6. The normalized spacial score (nSPS) is 17.7. The van der Waals surface area contributed by atoms with Crippen LogP contribution in [-0.4, -0.2) is 27.3 Å². The van der Waals surface area contributed by atoms with Crippen molar-refractivity contribution in [3.05, 3.63) is 59.2 Å². The van der Waals surface area contributed by atoms with Gasteiger partial charge in [0.15, 0.2) is 11.5 Å². The lowest BCUT2D eigenvalue weighted by atomic mass is 9.87. The Labute approximate surface area is 125 Å². The van der Waals surface area contributed by atoms with Crippen LogP contribution in [0.15, 0.2) is 42.5 Å². The van der Waals surface area contributed by atoms with Crippen LogP contribution in [0.5, 0.6) is 11.5 Å². The first-order valence-electron chi connectivity index (χ1n) is 7.34. The maximum Gasteiger partial charge on any atom is 0.164 e. The van der Waals surface area contributed by atoms with Crippen molar-refractivity contribution in [2.75, 3.05) is 27.3 Å². The summed E-state index contributed by atoms with van der Waals surface area (Å²) in [7, 11) is 3.41. The summed E-state index contributed by atoms with van der Waals surface area (Å²) in [5.74, 6) is 1.96. The van der Waals surface area contributed by atoms with E-state index in [0.717, 1.165) is 31.0 Å². The van der Waals surface area contributed by atoms with Crippen molar-refractivity contribution in [2.24, 2.45) is 0 Å². The SMILES string of the molecule is COc1ccc2c(c1OC)C(c1ccccc1)CNCC2. The van der Waals surface area contributed by atoms with Gasteiger partial charge in [-0.2, -0.15) is 0 Å². The van der Waals surface area contributed by atoms with Gasteiger partial charge in [-0.1, -0.05) is 36.4 Å². The molecule has 3 rings (SSSR count). The summed E-state index contributed by atoms with van der Waals surface area (Å²) in [6.07, 6.45) is 1.01. The summed E-state index contributed by atoms with van der Waals surface area (Å²) in [6, 6.07) is 14.8. The first-order chi connectivity index (χ1) is 10.3. The second kappa shape index (κ2) is 6.19. The van der Waals surface area contributed by atoms with Gasteiger partial charge in [0.2, 0.25) is 0 Å². The second-order valence-electron chi connectivity index (χ2n) is 5.29. The molecule has 1 aliphatic rings. The van der Waals surface area contributed by atoms with E-state index in [9.17, 15) is 0 Å². The Morgan fingerprint density at radius 2 is 1.81 bits per heavy atom. The van der Waals surface area contributed by atoms with E-state index in [1.807, 2.05) is 6.07 Å². The average Bonchev–Trinajstić information content (AvgIpc) is 2.77. The lowest BCUT2D eigenvalue weighted by Gasteiger charge is -2.22. The Hall–Kier alpha value is -2.00. The predicted molar refractivity (Wildman–Crippen MR) is 84.4 cm³/mol. The fraction of sp³-hybridized carbons (Fsp3) is 0.333. The first-order valence-corrected chi connectivity index (χ1v) is 7.34. The number of nitrogens with one attached hydrogen (secondary N) is 1. The Kier molecular flexibility index (Phi) is 4.11. The van der Waals surface area contributed by atoms with Crippen molar-refractivity contribution in [1.82, 2.24) is 5.32 Å². The monoisotopic (exact) mass is 283 g/mol. The highest BCUT2D eigenvalue weighted by Gasteiger charge is 2.26. The van der Waals surface area contributed by atoms with Gasteiger partial charge < -0.3 is 14.8 Å². The molecule has 1 atom stereocenters. The molecule has 0 aliphatic carbocycles. The van der Waals surface area contributed by atoms with Gasteiger partial charge in [0.1, 0.15) is 0 Å². The average molecular weight is 283 g/mol. The maximum absolute atomic E-state index is 5.69. The molecule has 0 bridgehead atoms. The Bertz CT molecular complexity index is 610. The zero-order chi connectivity index (χ0) is 14.7. The van der Waals surface area contributed by atoms with E-state index >= 15 is 0 Å². The largest absolute Gasteiger partial charge is 0.493 e. The number of benzene rings is 2. The third kappa shape index (κ3) is 2.61. The summed E-state index contributed by atoms with van der Waals surface area (Å²) >= 11 is 0.